The average Bonchev–Trinajstić information content (AvgIpc) is 3.52. The molecule has 8 nitrogen and oxygen atoms in total. The number of carbonyl (C=O) groups is 1. The Balaban J connectivity index is 1.50. The second-order valence-corrected chi connectivity index (χ2v) is 7.47. The van der Waals surface area contributed by atoms with Gasteiger partial charge in [0.05, 0.1) is 19.8 Å². The Hall–Kier alpha value is -2.77. The predicted octanol–water partition coefficient (Wildman–Crippen LogP) is 1.95. The summed E-state index contributed by atoms with van der Waals surface area (Å²) in [6.45, 7) is 1.25. The standard InChI is InChI=1S/C20H26N4O4/c1-22-20(26)24(14-7-8-14)18(21-22)13-9-11-23(12-10-13)19(25)15-5-4-6-16(27-2)17(15)28-3/h4-6,13-14H,7-12H2,1-3H3. The zero-order valence-corrected chi connectivity index (χ0v) is 16.6. The third-order valence-corrected chi connectivity index (χ3v) is 5.67. The van der Waals surface area contributed by atoms with Gasteiger partial charge in [0, 0.05) is 32.1 Å². The fourth-order valence-electron chi connectivity index (χ4n) is 4.02. The molecule has 1 aromatic carbocycles. The fourth-order valence-corrected chi connectivity index (χ4v) is 4.02. The lowest BCUT2D eigenvalue weighted by Gasteiger charge is -2.32. The van der Waals surface area contributed by atoms with E-state index in [4.69, 9.17) is 9.47 Å². The SMILES string of the molecule is COc1cccc(C(=O)N2CCC(c3nn(C)c(=O)n3C3CC3)CC2)c1OC. The van der Waals surface area contributed by atoms with Crippen molar-refractivity contribution in [2.45, 2.75) is 37.6 Å². The molecule has 0 radical (unpaired) electrons. The maximum atomic E-state index is 13.0. The molecule has 2 aliphatic rings. The lowest BCUT2D eigenvalue weighted by Crippen LogP contribution is -2.38. The third-order valence-electron chi connectivity index (χ3n) is 5.67. The zero-order valence-electron chi connectivity index (χ0n) is 16.6. The van der Waals surface area contributed by atoms with Crippen molar-refractivity contribution in [1.29, 1.82) is 0 Å². The van der Waals surface area contributed by atoms with Gasteiger partial charge in [0.2, 0.25) is 0 Å². The third kappa shape index (κ3) is 3.16. The highest BCUT2D eigenvalue weighted by Crippen LogP contribution is 2.38. The van der Waals surface area contributed by atoms with Crippen molar-refractivity contribution in [3.63, 3.8) is 0 Å². The molecule has 28 heavy (non-hydrogen) atoms. The lowest BCUT2D eigenvalue weighted by atomic mass is 9.95. The first-order valence-corrected chi connectivity index (χ1v) is 9.70. The minimum Gasteiger partial charge on any atom is -0.493 e. The van der Waals surface area contributed by atoms with Gasteiger partial charge in [-0.05, 0) is 37.8 Å². The molecule has 4 rings (SSSR count). The van der Waals surface area contributed by atoms with Gasteiger partial charge in [-0.3, -0.25) is 9.36 Å². The van der Waals surface area contributed by atoms with Gasteiger partial charge in [0.15, 0.2) is 11.5 Å². The number of likely N-dealkylation sites (tertiary alicyclic amines) is 1. The van der Waals surface area contributed by atoms with Crippen LogP contribution in [0.2, 0.25) is 0 Å². The first-order chi connectivity index (χ1) is 13.5. The van der Waals surface area contributed by atoms with Crippen LogP contribution in [0.15, 0.2) is 23.0 Å². The number of methoxy groups -OCH3 is 2. The number of para-hydroxylation sites is 1. The molecule has 0 N–H and O–H groups in total. The van der Waals surface area contributed by atoms with Gasteiger partial charge in [0.1, 0.15) is 5.82 Å². The zero-order chi connectivity index (χ0) is 19.8. The molecule has 150 valence electrons. The molecular formula is C20H26N4O4. The van der Waals surface area contributed by atoms with E-state index in [0.29, 0.717) is 36.2 Å². The molecule has 1 saturated carbocycles. The van der Waals surface area contributed by atoms with Gasteiger partial charge >= 0.3 is 5.69 Å². The van der Waals surface area contributed by atoms with E-state index in [0.717, 1.165) is 31.5 Å². The minimum absolute atomic E-state index is 0.0304. The minimum atomic E-state index is -0.0604. The van der Waals surface area contributed by atoms with Gasteiger partial charge in [-0.25, -0.2) is 9.48 Å². The van der Waals surface area contributed by atoms with E-state index in [9.17, 15) is 9.59 Å². The summed E-state index contributed by atoms with van der Waals surface area (Å²) in [4.78, 5) is 27.3. The Labute approximate surface area is 163 Å². The molecule has 1 amide bonds. The summed E-state index contributed by atoms with van der Waals surface area (Å²) in [5.41, 5.74) is 0.477. The number of aromatic nitrogens is 3. The van der Waals surface area contributed by atoms with Gasteiger partial charge < -0.3 is 14.4 Å². The van der Waals surface area contributed by atoms with E-state index in [-0.39, 0.29) is 17.5 Å². The monoisotopic (exact) mass is 386 g/mol. The van der Waals surface area contributed by atoms with Gasteiger partial charge in [-0.2, -0.15) is 5.10 Å². The highest BCUT2D eigenvalue weighted by molar-refractivity contribution is 5.97. The largest absolute Gasteiger partial charge is 0.493 e. The number of aryl methyl sites for hydroxylation is 1. The summed E-state index contributed by atoms with van der Waals surface area (Å²) in [6.07, 6.45) is 3.68. The van der Waals surface area contributed by atoms with Crippen LogP contribution >= 0.6 is 0 Å². The number of nitrogens with zero attached hydrogens (tertiary/aromatic N) is 4. The Morgan fingerprint density at radius 2 is 1.82 bits per heavy atom. The first-order valence-electron chi connectivity index (χ1n) is 9.70. The molecular weight excluding hydrogens is 360 g/mol. The van der Waals surface area contributed by atoms with Crippen LogP contribution in [0.25, 0.3) is 0 Å². The summed E-state index contributed by atoms with van der Waals surface area (Å²) in [5.74, 6) is 2.02. The van der Waals surface area contributed by atoms with Crippen LogP contribution < -0.4 is 15.2 Å². The van der Waals surface area contributed by atoms with E-state index < -0.39 is 0 Å². The van der Waals surface area contributed by atoms with Crippen molar-refractivity contribution in [3.8, 4) is 11.5 Å². The van der Waals surface area contributed by atoms with Crippen LogP contribution in [0.1, 0.15) is 53.8 Å². The Morgan fingerprint density at radius 1 is 1.11 bits per heavy atom. The fraction of sp³-hybridized carbons (Fsp3) is 0.550. The second-order valence-electron chi connectivity index (χ2n) is 7.47. The molecule has 0 atom stereocenters. The Morgan fingerprint density at radius 3 is 2.43 bits per heavy atom. The average molecular weight is 386 g/mol. The predicted molar refractivity (Wildman–Crippen MR) is 103 cm³/mol. The van der Waals surface area contributed by atoms with E-state index in [1.54, 1.807) is 39.5 Å². The van der Waals surface area contributed by atoms with E-state index in [1.807, 2.05) is 9.47 Å². The van der Waals surface area contributed by atoms with E-state index in [2.05, 4.69) is 5.10 Å². The highest BCUT2D eigenvalue weighted by Gasteiger charge is 2.34. The van der Waals surface area contributed by atoms with Crippen molar-refractivity contribution in [3.05, 3.63) is 40.1 Å². The Bertz CT molecular complexity index is 936. The molecule has 2 heterocycles. The van der Waals surface area contributed by atoms with Crippen molar-refractivity contribution < 1.29 is 14.3 Å². The lowest BCUT2D eigenvalue weighted by molar-refractivity contribution is 0.0706. The molecule has 0 spiro atoms. The summed E-state index contributed by atoms with van der Waals surface area (Å²) >= 11 is 0. The molecule has 1 aliphatic carbocycles. The maximum Gasteiger partial charge on any atom is 0.345 e. The summed E-state index contributed by atoms with van der Waals surface area (Å²) in [7, 11) is 4.81. The molecule has 2 fully saturated rings. The first kappa shape index (κ1) is 18.6. The van der Waals surface area contributed by atoms with Gasteiger partial charge in [-0.15, -0.1) is 0 Å². The van der Waals surface area contributed by atoms with Crippen molar-refractivity contribution in [1.82, 2.24) is 19.2 Å². The van der Waals surface area contributed by atoms with E-state index >= 15 is 0 Å². The van der Waals surface area contributed by atoms with Crippen LogP contribution in [-0.2, 0) is 7.05 Å². The number of benzene rings is 1. The van der Waals surface area contributed by atoms with Crippen LogP contribution in [0.3, 0.4) is 0 Å². The molecule has 1 aromatic heterocycles. The van der Waals surface area contributed by atoms with Crippen molar-refractivity contribution >= 4 is 5.91 Å². The van der Waals surface area contributed by atoms with E-state index in [1.165, 1.54) is 4.68 Å². The normalized spacial score (nSPS) is 17.6. The molecule has 0 unspecified atom stereocenters. The number of amides is 1. The van der Waals surface area contributed by atoms with Crippen molar-refractivity contribution in [2.24, 2.45) is 7.05 Å². The molecule has 8 heteroatoms. The molecule has 1 saturated heterocycles. The van der Waals surface area contributed by atoms with Crippen molar-refractivity contribution in [2.75, 3.05) is 27.3 Å². The number of carbonyl (C=O) groups excluding carboxylic acids is 1. The number of hydrogen-bond donors (Lipinski definition) is 0. The Kier molecular flexibility index (Phi) is 4.87. The second kappa shape index (κ2) is 7.33. The molecule has 1 aliphatic heterocycles. The number of rotatable bonds is 5. The summed E-state index contributed by atoms with van der Waals surface area (Å²) < 4.78 is 14.0. The summed E-state index contributed by atoms with van der Waals surface area (Å²) in [6, 6.07) is 5.64. The maximum absolute atomic E-state index is 13.0. The van der Waals surface area contributed by atoms with Crippen LogP contribution in [-0.4, -0.2) is 52.5 Å². The smallest absolute Gasteiger partial charge is 0.345 e. The molecule has 2 aromatic rings. The van der Waals surface area contributed by atoms with Crippen LogP contribution in [0.5, 0.6) is 11.5 Å². The number of ether oxygens (including phenoxy) is 2. The topological polar surface area (TPSA) is 78.6 Å². The van der Waals surface area contributed by atoms with Gasteiger partial charge in [0.25, 0.3) is 5.91 Å². The number of piperidine rings is 1. The van der Waals surface area contributed by atoms with Crippen LogP contribution in [0.4, 0.5) is 0 Å². The highest BCUT2D eigenvalue weighted by atomic mass is 16.5. The van der Waals surface area contributed by atoms with Gasteiger partial charge in [-0.1, -0.05) is 6.07 Å². The number of hydrogen-bond acceptors (Lipinski definition) is 5. The molecule has 0 bridgehead atoms. The quantitative estimate of drug-likeness (QED) is 0.785. The van der Waals surface area contributed by atoms with Crippen LogP contribution in [0, 0.1) is 0 Å². The summed E-state index contributed by atoms with van der Waals surface area (Å²) in [5, 5.41) is 4.50.